The molecular formula is C12H16ClNO2S. The summed E-state index contributed by atoms with van der Waals surface area (Å²) in [5.74, 6) is 0.353. The fourth-order valence-electron chi connectivity index (χ4n) is 2.07. The van der Waals surface area contributed by atoms with Crippen molar-refractivity contribution in [3.05, 3.63) is 23.4 Å². The first-order chi connectivity index (χ1) is 8.05. The molecule has 0 saturated heterocycles. The van der Waals surface area contributed by atoms with Crippen molar-refractivity contribution in [2.45, 2.75) is 42.9 Å². The second-order valence-electron chi connectivity index (χ2n) is 4.44. The van der Waals surface area contributed by atoms with Crippen LogP contribution in [-0.2, 0) is 22.7 Å². The SMILES string of the molecule is CC(CCCl)S(=O)(=O)c1ccc2c(n1)CCC2. The number of alkyl halides is 1. The quantitative estimate of drug-likeness (QED) is 0.791. The maximum absolute atomic E-state index is 12.2. The Morgan fingerprint density at radius 2 is 2.18 bits per heavy atom. The molecule has 0 aromatic carbocycles. The van der Waals surface area contributed by atoms with Crippen molar-refractivity contribution in [2.24, 2.45) is 0 Å². The van der Waals surface area contributed by atoms with Crippen LogP contribution in [0.2, 0.25) is 0 Å². The Labute approximate surface area is 107 Å². The molecule has 1 aromatic heterocycles. The third-order valence-corrected chi connectivity index (χ3v) is 5.56. The van der Waals surface area contributed by atoms with Crippen LogP contribution < -0.4 is 0 Å². The van der Waals surface area contributed by atoms with Crippen LogP contribution in [0.5, 0.6) is 0 Å². The van der Waals surface area contributed by atoms with Gasteiger partial charge in [0.2, 0.25) is 0 Å². The van der Waals surface area contributed by atoms with Crippen molar-refractivity contribution in [1.29, 1.82) is 0 Å². The van der Waals surface area contributed by atoms with Crippen LogP contribution in [0.3, 0.4) is 0 Å². The Morgan fingerprint density at radius 3 is 2.88 bits per heavy atom. The van der Waals surface area contributed by atoms with Crippen LogP contribution >= 0.6 is 11.6 Å². The zero-order chi connectivity index (χ0) is 12.5. The van der Waals surface area contributed by atoms with E-state index in [2.05, 4.69) is 4.98 Å². The summed E-state index contributed by atoms with van der Waals surface area (Å²) in [6.45, 7) is 1.69. The molecule has 1 aromatic rings. The molecule has 0 radical (unpaired) electrons. The van der Waals surface area contributed by atoms with Gasteiger partial charge >= 0.3 is 0 Å². The first-order valence-corrected chi connectivity index (χ1v) is 7.92. The fraction of sp³-hybridized carbons (Fsp3) is 0.583. The molecule has 1 heterocycles. The predicted octanol–water partition coefficient (Wildman–Crippen LogP) is 2.36. The van der Waals surface area contributed by atoms with Crippen LogP contribution in [0.15, 0.2) is 17.2 Å². The van der Waals surface area contributed by atoms with E-state index in [1.165, 1.54) is 5.56 Å². The van der Waals surface area contributed by atoms with Crippen molar-refractivity contribution in [2.75, 3.05) is 5.88 Å². The minimum Gasteiger partial charge on any atom is -0.241 e. The van der Waals surface area contributed by atoms with Gasteiger partial charge in [-0.05, 0) is 44.2 Å². The topological polar surface area (TPSA) is 47.0 Å². The predicted molar refractivity (Wildman–Crippen MR) is 68.2 cm³/mol. The molecule has 2 rings (SSSR count). The van der Waals surface area contributed by atoms with E-state index in [0.717, 1.165) is 25.0 Å². The minimum absolute atomic E-state index is 0.204. The normalized spacial score (nSPS) is 16.8. The van der Waals surface area contributed by atoms with E-state index in [-0.39, 0.29) is 5.03 Å². The first kappa shape index (κ1) is 12.8. The molecule has 0 amide bonds. The number of aryl methyl sites for hydroxylation is 2. The molecule has 0 fully saturated rings. The highest BCUT2D eigenvalue weighted by molar-refractivity contribution is 7.92. The van der Waals surface area contributed by atoms with Crippen molar-refractivity contribution >= 4 is 21.4 Å². The molecule has 0 bridgehead atoms. The second kappa shape index (κ2) is 4.94. The maximum Gasteiger partial charge on any atom is 0.198 e. The molecule has 0 spiro atoms. The summed E-state index contributed by atoms with van der Waals surface area (Å²) >= 11 is 5.60. The Bertz CT molecular complexity index is 513. The lowest BCUT2D eigenvalue weighted by atomic mass is 10.2. The minimum atomic E-state index is -3.32. The van der Waals surface area contributed by atoms with Gasteiger partial charge in [0.15, 0.2) is 14.9 Å². The molecule has 1 aliphatic rings. The van der Waals surface area contributed by atoms with Gasteiger partial charge in [0.1, 0.15) is 0 Å². The summed E-state index contributed by atoms with van der Waals surface area (Å²) in [5, 5.41) is -0.261. The van der Waals surface area contributed by atoms with E-state index in [9.17, 15) is 8.42 Å². The van der Waals surface area contributed by atoms with Gasteiger partial charge in [-0.15, -0.1) is 11.6 Å². The van der Waals surface area contributed by atoms with Gasteiger partial charge in [0, 0.05) is 11.6 Å². The van der Waals surface area contributed by atoms with Gasteiger partial charge in [0.05, 0.1) is 5.25 Å². The number of fused-ring (bicyclic) bond motifs is 1. The van der Waals surface area contributed by atoms with Gasteiger partial charge in [-0.3, -0.25) is 0 Å². The summed E-state index contributed by atoms with van der Waals surface area (Å²) < 4.78 is 24.4. The molecule has 94 valence electrons. The molecular weight excluding hydrogens is 258 g/mol. The lowest BCUT2D eigenvalue weighted by Crippen LogP contribution is -2.20. The van der Waals surface area contributed by atoms with Gasteiger partial charge in [-0.25, -0.2) is 13.4 Å². The highest BCUT2D eigenvalue weighted by atomic mass is 35.5. The summed E-state index contributed by atoms with van der Waals surface area (Å²) in [6, 6.07) is 3.53. The number of pyridine rings is 1. The molecule has 1 atom stereocenters. The first-order valence-electron chi connectivity index (χ1n) is 5.84. The largest absolute Gasteiger partial charge is 0.241 e. The second-order valence-corrected chi connectivity index (χ2v) is 7.13. The summed E-state index contributed by atoms with van der Waals surface area (Å²) in [7, 11) is -3.32. The number of halogens is 1. The number of hydrogen-bond acceptors (Lipinski definition) is 3. The lowest BCUT2D eigenvalue weighted by Gasteiger charge is -2.11. The number of nitrogens with zero attached hydrogens (tertiary/aromatic N) is 1. The van der Waals surface area contributed by atoms with E-state index < -0.39 is 15.1 Å². The zero-order valence-corrected chi connectivity index (χ0v) is 11.4. The van der Waals surface area contributed by atoms with E-state index in [1.54, 1.807) is 13.0 Å². The molecule has 5 heteroatoms. The van der Waals surface area contributed by atoms with Crippen molar-refractivity contribution in [3.8, 4) is 0 Å². The summed E-state index contributed by atoms with van der Waals surface area (Å²) in [4.78, 5) is 4.30. The monoisotopic (exact) mass is 273 g/mol. The number of hydrogen-bond donors (Lipinski definition) is 0. The van der Waals surface area contributed by atoms with Crippen LogP contribution in [-0.4, -0.2) is 24.5 Å². The van der Waals surface area contributed by atoms with E-state index >= 15 is 0 Å². The van der Waals surface area contributed by atoms with Crippen molar-refractivity contribution in [3.63, 3.8) is 0 Å². The van der Waals surface area contributed by atoms with E-state index in [1.807, 2.05) is 6.07 Å². The Kier molecular flexibility index (Phi) is 3.73. The van der Waals surface area contributed by atoms with Crippen LogP contribution in [0.1, 0.15) is 31.0 Å². The smallest absolute Gasteiger partial charge is 0.198 e. The number of aromatic nitrogens is 1. The molecule has 17 heavy (non-hydrogen) atoms. The molecule has 0 aliphatic heterocycles. The lowest BCUT2D eigenvalue weighted by molar-refractivity contribution is 0.577. The third-order valence-electron chi connectivity index (χ3n) is 3.24. The van der Waals surface area contributed by atoms with Gasteiger partial charge in [-0.2, -0.15) is 0 Å². The standard InChI is InChI=1S/C12H16ClNO2S/c1-9(7-8-13)17(15,16)12-6-5-10-3-2-4-11(10)14-12/h5-6,9H,2-4,7-8H2,1H3. The zero-order valence-electron chi connectivity index (χ0n) is 9.82. The fourth-order valence-corrected chi connectivity index (χ4v) is 3.87. The Balaban J connectivity index is 2.34. The van der Waals surface area contributed by atoms with E-state index in [4.69, 9.17) is 11.6 Å². The van der Waals surface area contributed by atoms with Gasteiger partial charge < -0.3 is 0 Å². The van der Waals surface area contributed by atoms with Crippen molar-refractivity contribution < 1.29 is 8.42 Å². The van der Waals surface area contributed by atoms with Gasteiger partial charge in [-0.1, -0.05) is 6.07 Å². The summed E-state index contributed by atoms with van der Waals surface area (Å²) in [5.41, 5.74) is 2.14. The molecule has 1 aliphatic carbocycles. The Hall–Kier alpha value is -0.610. The molecule has 0 saturated carbocycles. The highest BCUT2D eigenvalue weighted by Gasteiger charge is 2.25. The highest BCUT2D eigenvalue weighted by Crippen LogP contribution is 2.24. The average Bonchev–Trinajstić information content (AvgIpc) is 2.76. The van der Waals surface area contributed by atoms with Crippen molar-refractivity contribution in [1.82, 2.24) is 4.98 Å². The van der Waals surface area contributed by atoms with Crippen LogP contribution in [0, 0.1) is 0 Å². The number of rotatable bonds is 4. The van der Waals surface area contributed by atoms with Gasteiger partial charge in [0.25, 0.3) is 0 Å². The average molecular weight is 274 g/mol. The number of sulfone groups is 1. The summed E-state index contributed by atoms with van der Waals surface area (Å²) in [6.07, 6.45) is 3.44. The van der Waals surface area contributed by atoms with E-state index in [0.29, 0.717) is 12.3 Å². The Morgan fingerprint density at radius 1 is 1.41 bits per heavy atom. The molecule has 0 N–H and O–H groups in total. The third kappa shape index (κ3) is 2.47. The molecule has 3 nitrogen and oxygen atoms in total. The maximum atomic E-state index is 12.2. The van der Waals surface area contributed by atoms with Crippen LogP contribution in [0.25, 0.3) is 0 Å². The van der Waals surface area contributed by atoms with Crippen LogP contribution in [0.4, 0.5) is 0 Å². The molecule has 1 unspecified atom stereocenters.